The standard InChI is InChI=1S/C19H13N2O5S/c22-14-10-15-21(14)16(20-27(15)11-6-2-1-3-7-11)18(24)26-19-13-9-5-4-8-12(13)17(23)25-19/h1-9,15,19H,10H2/q+1/t15-,19?,27?/m1/s1. The largest absolute Gasteiger partial charge is 0.417 e. The van der Waals surface area contributed by atoms with Crippen molar-refractivity contribution in [1.29, 1.82) is 0 Å². The number of carbonyl (C=O) groups excluding carboxylic acids is 3. The van der Waals surface area contributed by atoms with Crippen LogP contribution in [0.4, 0.5) is 0 Å². The highest BCUT2D eigenvalue weighted by molar-refractivity contribution is 7.97. The van der Waals surface area contributed by atoms with Crippen molar-refractivity contribution < 1.29 is 23.9 Å². The van der Waals surface area contributed by atoms with Gasteiger partial charge in [-0.15, -0.1) is 0 Å². The molecule has 1 saturated heterocycles. The second-order valence-corrected chi connectivity index (χ2v) is 8.02. The number of carbonyl (C=O) groups is 3. The summed E-state index contributed by atoms with van der Waals surface area (Å²) in [5.41, 5.74) is 0.855. The van der Waals surface area contributed by atoms with E-state index in [1.807, 2.05) is 30.3 Å². The minimum Gasteiger partial charge on any atom is -0.417 e. The summed E-state index contributed by atoms with van der Waals surface area (Å²) in [7, 11) is 0. The maximum Gasteiger partial charge on any atom is 0.382 e. The normalized spacial score (nSPS) is 25.3. The quantitative estimate of drug-likeness (QED) is 0.461. The van der Waals surface area contributed by atoms with Crippen molar-refractivity contribution in [2.45, 2.75) is 23.0 Å². The van der Waals surface area contributed by atoms with Crippen molar-refractivity contribution in [2.75, 3.05) is 0 Å². The molecule has 2 aromatic carbocycles. The van der Waals surface area contributed by atoms with Gasteiger partial charge in [-0.1, -0.05) is 36.4 Å². The van der Waals surface area contributed by atoms with Crippen LogP contribution in [0.25, 0.3) is 0 Å². The summed E-state index contributed by atoms with van der Waals surface area (Å²) >= 11 is -0.621. The Morgan fingerprint density at radius 3 is 2.63 bits per heavy atom. The molecule has 134 valence electrons. The van der Waals surface area contributed by atoms with Gasteiger partial charge in [0.1, 0.15) is 0 Å². The summed E-state index contributed by atoms with van der Waals surface area (Å²) in [5.74, 6) is -1.50. The highest BCUT2D eigenvalue weighted by Gasteiger charge is 2.60. The number of ether oxygens (including phenoxy) is 2. The van der Waals surface area contributed by atoms with E-state index < -0.39 is 29.3 Å². The van der Waals surface area contributed by atoms with Crippen LogP contribution in [-0.2, 0) is 30.1 Å². The lowest BCUT2D eigenvalue weighted by molar-refractivity contribution is -0.161. The number of cyclic esters (lactones) is 1. The first-order chi connectivity index (χ1) is 13.1. The van der Waals surface area contributed by atoms with E-state index in [2.05, 4.69) is 4.40 Å². The van der Waals surface area contributed by atoms with E-state index in [1.165, 1.54) is 4.90 Å². The number of rotatable bonds is 3. The fourth-order valence-electron chi connectivity index (χ4n) is 3.27. The number of hydrogen-bond donors (Lipinski definition) is 0. The Balaban J connectivity index is 1.41. The van der Waals surface area contributed by atoms with Crippen LogP contribution in [0.15, 0.2) is 63.9 Å². The fraction of sp³-hybridized carbons (Fsp3) is 0.158. The summed E-state index contributed by atoms with van der Waals surface area (Å²) in [5, 5.41) is -0.152. The lowest BCUT2D eigenvalue weighted by atomic mass is 10.1. The van der Waals surface area contributed by atoms with Crippen LogP contribution >= 0.6 is 0 Å². The number of benzene rings is 2. The minimum absolute atomic E-state index is 0.0242. The first-order valence-electron chi connectivity index (χ1n) is 8.33. The van der Waals surface area contributed by atoms with Gasteiger partial charge in [-0.3, -0.25) is 4.79 Å². The molecule has 0 N–H and O–H groups in total. The number of esters is 2. The van der Waals surface area contributed by atoms with E-state index >= 15 is 0 Å². The van der Waals surface area contributed by atoms with Crippen LogP contribution in [0.5, 0.6) is 0 Å². The molecule has 8 heteroatoms. The molecule has 3 heterocycles. The van der Waals surface area contributed by atoms with Gasteiger partial charge in [-0.25, -0.2) is 14.5 Å². The molecule has 0 aliphatic carbocycles. The zero-order valence-electron chi connectivity index (χ0n) is 13.9. The molecule has 2 unspecified atom stereocenters. The van der Waals surface area contributed by atoms with Gasteiger partial charge in [0.25, 0.3) is 12.1 Å². The van der Waals surface area contributed by atoms with E-state index in [1.54, 1.807) is 24.3 Å². The summed E-state index contributed by atoms with van der Waals surface area (Å²) in [4.78, 5) is 39.0. The molecule has 0 radical (unpaired) electrons. The summed E-state index contributed by atoms with van der Waals surface area (Å²) in [6.45, 7) is 0. The van der Waals surface area contributed by atoms with E-state index in [0.717, 1.165) is 4.90 Å². The first-order valence-corrected chi connectivity index (χ1v) is 9.58. The van der Waals surface area contributed by atoms with E-state index in [-0.39, 0.29) is 17.1 Å². The number of nitrogens with zero attached hydrogens (tertiary/aromatic N) is 2. The average Bonchev–Trinajstić information content (AvgIpc) is 3.17. The molecule has 1 amide bonds. The Morgan fingerprint density at radius 2 is 1.85 bits per heavy atom. The predicted octanol–water partition coefficient (Wildman–Crippen LogP) is 1.96. The van der Waals surface area contributed by atoms with E-state index in [0.29, 0.717) is 17.5 Å². The van der Waals surface area contributed by atoms with Gasteiger partial charge in [0.15, 0.2) is 16.0 Å². The maximum absolute atomic E-state index is 12.7. The molecule has 1 fully saturated rings. The number of fused-ring (bicyclic) bond motifs is 2. The summed E-state index contributed by atoms with van der Waals surface area (Å²) in [6.07, 6.45) is -0.780. The zero-order valence-corrected chi connectivity index (χ0v) is 14.7. The minimum atomic E-state index is -1.13. The van der Waals surface area contributed by atoms with Crippen molar-refractivity contribution in [3.63, 3.8) is 0 Å². The molecule has 3 atom stereocenters. The third-order valence-corrected chi connectivity index (χ3v) is 6.62. The van der Waals surface area contributed by atoms with Gasteiger partial charge in [-0.2, -0.15) is 0 Å². The maximum atomic E-state index is 12.7. The molecule has 0 spiro atoms. The number of amidine groups is 1. The summed E-state index contributed by atoms with van der Waals surface area (Å²) < 4.78 is 15.0. The number of β-lactam (4-membered cyclic amide) rings is 1. The molecule has 5 rings (SSSR count). The lowest BCUT2D eigenvalue weighted by Gasteiger charge is -2.29. The Hall–Kier alpha value is -3.13. The Labute approximate surface area is 157 Å². The van der Waals surface area contributed by atoms with Gasteiger partial charge in [-0.05, 0) is 22.6 Å². The van der Waals surface area contributed by atoms with Gasteiger partial charge in [0.05, 0.1) is 12.0 Å². The lowest BCUT2D eigenvalue weighted by Crippen LogP contribution is -2.56. The van der Waals surface area contributed by atoms with E-state index in [9.17, 15) is 14.4 Å². The monoisotopic (exact) mass is 381 g/mol. The molecular weight excluding hydrogens is 368 g/mol. The fourth-order valence-corrected chi connectivity index (χ4v) is 5.32. The van der Waals surface area contributed by atoms with Crippen LogP contribution in [0, 0.1) is 0 Å². The predicted molar refractivity (Wildman–Crippen MR) is 95.4 cm³/mol. The zero-order chi connectivity index (χ0) is 18.5. The van der Waals surface area contributed by atoms with Gasteiger partial charge in [0.2, 0.25) is 11.3 Å². The first kappa shape index (κ1) is 16.1. The molecular formula is C19H13N2O5S+. The topological polar surface area (TPSA) is 85.3 Å². The van der Waals surface area contributed by atoms with Crippen LogP contribution in [-0.4, -0.2) is 34.0 Å². The van der Waals surface area contributed by atoms with Crippen molar-refractivity contribution in [3.05, 3.63) is 65.7 Å². The third kappa shape index (κ3) is 2.44. The van der Waals surface area contributed by atoms with Crippen molar-refractivity contribution in [2.24, 2.45) is 4.40 Å². The van der Waals surface area contributed by atoms with Crippen LogP contribution in [0.2, 0.25) is 0 Å². The molecule has 7 nitrogen and oxygen atoms in total. The molecule has 0 aromatic heterocycles. The Bertz CT molecular complexity index is 1010. The smallest absolute Gasteiger partial charge is 0.382 e. The average molecular weight is 381 g/mol. The van der Waals surface area contributed by atoms with Gasteiger partial charge >= 0.3 is 11.9 Å². The summed E-state index contributed by atoms with van der Waals surface area (Å²) in [6, 6.07) is 16.3. The second-order valence-electron chi connectivity index (χ2n) is 6.19. The Kier molecular flexibility index (Phi) is 3.54. The van der Waals surface area contributed by atoms with Crippen molar-refractivity contribution in [3.8, 4) is 0 Å². The van der Waals surface area contributed by atoms with Gasteiger partial charge in [0, 0.05) is 5.56 Å². The molecule has 3 aliphatic heterocycles. The van der Waals surface area contributed by atoms with Crippen LogP contribution in [0.3, 0.4) is 0 Å². The molecule has 2 aromatic rings. The van der Waals surface area contributed by atoms with Crippen LogP contribution < -0.4 is 0 Å². The third-order valence-electron chi connectivity index (χ3n) is 4.61. The number of hydrogen-bond acceptors (Lipinski definition) is 6. The van der Waals surface area contributed by atoms with Crippen molar-refractivity contribution >= 4 is 34.8 Å². The van der Waals surface area contributed by atoms with E-state index in [4.69, 9.17) is 9.47 Å². The number of amides is 1. The molecule has 27 heavy (non-hydrogen) atoms. The van der Waals surface area contributed by atoms with Crippen LogP contribution in [0.1, 0.15) is 28.6 Å². The highest BCUT2D eigenvalue weighted by atomic mass is 32.2. The van der Waals surface area contributed by atoms with Gasteiger partial charge < -0.3 is 9.47 Å². The molecule has 0 saturated carbocycles. The molecule has 3 aliphatic rings. The van der Waals surface area contributed by atoms with Crippen molar-refractivity contribution in [1.82, 2.24) is 4.90 Å². The Morgan fingerprint density at radius 1 is 1.11 bits per heavy atom. The second kappa shape index (κ2) is 5.95. The SMILES string of the molecule is O=C(OC1OC(=O)c2ccccc21)C1=N[S+](c2ccccc2)[C@@H]2CC(=O)N12. The highest BCUT2D eigenvalue weighted by Crippen LogP contribution is 2.39. The molecule has 0 bridgehead atoms.